The maximum atomic E-state index is 13.4. The Balaban J connectivity index is 1.56. The van der Waals surface area contributed by atoms with Crippen molar-refractivity contribution in [3.8, 4) is 11.5 Å². The van der Waals surface area contributed by atoms with Crippen LogP contribution in [0, 0.1) is 5.82 Å². The van der Waals surface area contributed by atoms with E-state index >= 15 is 0 Å². The molecule has 0 bridgehead atoms. The number of hydrazine groups is 1. The lowest BCUT2D eigenvalue weighted by atomic mass is 10.1. The van der Waals surface area contributed by atoms with Crippen LogP contribution in [0.4, 0.5) is 4.39 Å². The van der Waals surface area contributed by atoms with E-state index in [0.717, 1.165) is 0 Å². The number of carbonyl (C=O) groups excluding carboxylic acids is 2. The number of rotatable bonds is 3. The van der Waals surface area contributed by atoms with Crippen molar-refractivity contribution in [3.05, 3.63) is 59.4 Å². The molecule has 118 valence electrons. The molecule has 0 aromatic heterocycles. The average molecular weight is 316 g/mol. The lowest BCUT2D eigenvalue weighted by molar-refractivity contribution is -0.121. The van der Waals surface area contributed by atoms with Crippen molar-refractivity contribution in [1.29, 1.82) is 0 Å². The van der Waals surface area contributed by atoms with E-state index in [0.29, 0.717) is 17.1 Å². The zero-order valence-electron chi connectivity index (χ0n) is 12.0. The summed E-state index contributed by atoms with van der Waals surface area (Å²) in [7, 11) is 0. The molecule has 2 aromatic rings. The Hall–Kier alpha value is -3.09. The van der Waals surface area contributed by atoms with Gasteiger partial charge in [0.2, 0.25) is 12.7 Å². The fourth-order valence-electron chi connectivity index (χ4n) is 2.10. The number of hydrogen-bond donors (Lipinski definition) is 2. The zero-order chi connectivity index (χ0) is 16.2. The van der Waals surface area contributed by atoms with Gasteiger partial charge in [-0.25, -0.2) is 4.39 Å². The number of halogens is 1. The van der Waals surface area contributed by atoms with Gasteiger partial charge in [-0.3, -0.25) is 20.4 Å². The molecule has 1 aliphatic heterocycles. The molecule has 0 fully saturated rings. The van der Waals surface area contributed by atoms with E-state index < -0.39 is 17.6 Å². The fraction of sp³-hybridized carbons (Fsp3) is 0.125. The smallest absolute Gasteiger partial charge is 0.269 e. The Morgan fingerprint density at radius 3 is 2.65 bits per heavy atom. The second-order valence-electron chi connectivity index (χ2n) is 4.84. The van der Waals surface area contributed by atoms with Crippen molar-refractivity contribution < 1.29 is 23.5 Å². The van der Waals surface area contributed by atoms with Crippen LogP contribution in [0.2, 0.25) is 0 Å². The van der Waals surface area contributed by atoms with Crippen molar-refractivity contribution in [2.45, 2.75) is 6.42 Å². The molecule has 0 saturated carbocycles. The van der Waals surface area contributed by atoms with Gasteiger partial charge in [0.25, 0.3) is 5.91 Å². The molecule has 2 aromatic carbocycles. The lowest BCUT2D eigenvalue weighted by Crippen LogP contribution is -2.42. The van der Waals surface area contributed by atoms with Crippen molar-refractivity contribution in [2.75, 3.05) is 6.79 Å². The molecule has 0 saturated heterocycles. The maximum Gasteiger partial charge on any atom is 0.269 e. The summed E-state index contributed by atoms with van der Waals surface area (Å²) in [6, 6.07) is 10.6. The predicted molar refractivity (Wildman–Crippen MR) is 78.3 cm³/mol. The van der Waals surface area contributed by atoms with Crippen molar-refractivity contribution in [2.24, 2.45) is 0 Å². The number of benzene rings is 2. The second kappa shape index (κ2) is 6.35. The van der Waals surface area contributed by atoms with Crippen molar-refractivity contribution >= 4 is 11.8 Å². The molecule has 3 rings (SSSR count). The molecule has 1 aliphatic rings. The lowest BCUT2D eigenvalue weighted by Gasteiger charge is -2.08. The van der Waals surface area contributed by atoms with Gasteiger partial charge < -0.3 is 9.47 Å². The van der Waals surface area contributed by atoms with Crippen LogP contribution in [-0.4, -0.2) is 18.6 Å². The minimum absolute atomic E-state index is 0.111. The van der Waals surface area contributed by atoms with Gasteiger partial charge in [-0.2, -0.15) is 0 Å². The van der Waals surface area contributed by atoms with E-state index in [2.05, 4.69) is 10.9 Å². The Morgan fingerprint density at radius 2 is 1.83 bits per heavy atom. The molecule has 0 spiro atoms. The van der Waals surface area contributed by atoms with Crippen LogP contribution in [0.25, 0.3) is 0 Å². The van der Waals surface area contributed by atoms with E-state index in [4.69, 9.17) is 9.47 Å². The normalized spacial score (nSPS) is 11.9. The van der Waals surface area contributed by atoms with E-state index in [1.807, 2.05) is 0 Å². The van der Waals surface area contributed by atoms with Crippen LogP contribution in [0.3, 0.4) is 0 Å². The van der Waals surface area contributed by atoms with Crippen molar-refractivity contribution in [1.82, 2.24) is 10.9 Å². The van der Waals surface area contributed by atoms with E-state index in [9.17, 15) is 14.0 Å². The van der Waals surface area contributed by atoms with E-state index in [-0.39, 0.29) is 18.8 Å². The van der Waals surface area contributed by atoms with Crippen LogP contribution in [0.5, 0.6) is 11.5 Å². The molecule has 0 unspecified atom stereocenters. The molecule has 0 radical (unpaired) electrons. The summed E-state index contributed by atoms with van der Waals surface area (Å²) in [6.07, 6.45) is -0.173. The summed E-state index contributed by atoms with van der Waals surface area (Å²) < 4.78 is 23.8. The fourth-order valence-corrected chi connectivity index (χ4v) is 2.10. The number of fused-ring (bicyclic) bond motifs is 1. The Kier molecular flexibility index (Phi) is 4.09. The number of nitrogens with one attached hydrogen (secondary N) is 2. The summed E-state index contributed by atoms with van der Waals surface area (Å²) in [4.78, 5) is 23.7. The number of ether oxygens (including phenoxy) is 2. The first-order valence-electron chi connectivity index (χ1n) is 6.86. The first-order chi connectivity index (χ1) is 11.1. The van der Waals surface area contributed by atoms with Gasteiger partial charge >= 0.3 is 0 Å². The summed E-state index contributed by atoms with van der Waals surface area (Å²) in [6.45, 7) is 0.111. The van der Waals surface area contributed by atoms with Gasteiger partial charge in [-0.05, 0) is 29.8 Å². The van der Waals surface area contributed by atoms with Crippen molar-refractivity contribution in [3.63, 3.8) is 0 Å². The van der Waals surface area contributed by atoms with Gasteiger partial charge in [0.05, 0.1) is 6.42 Å². The van der Waals surface area contributed by atoms with Crippen LogP contribution < -0.4 is 20.3 Å². The highest BCUT2D eigenvalue weighted by Gasteiger charge is 2.16. The Bertz CT molecular complexity index is 763. The van der Waals surface area contributed by atoms with Gasteiger partial charge in [0, 0.05) is 5.56 Å². The first-order valence-corrected chi connectivity index (χ1v) is 6.86. The SMILES string of the molecule is O=C(Cc1ccccc1F)NNC(=O)c1ccc2c(c1)OCO2. The van der Waals surface area contributed by atoms with Crippen LogP contribution in [-0.2, 0) is 11.2 Å². The third kappa shape index (κ3) is 3.39. The molecular weight excluding hydrogens is 303 g/mol. The summed E-state index contributed by atoms with van der Waals surface area (Å²) in [5, 5.41) is 0. The Labute approximate surface area is 131 Å². The minimum atomic E-state index is -0.524. The van der Waals surface area contributed by atoms with E-state index in [1.165, 1.54) is 24.3 Å². The third-order valence-corrected chi connectivity index (χ3v) is 3.26. The number of amides is 2. The zero-order valence-corrected chi connectivity index (χ0v) is 12.0. The van der Waals surface area contributed by atoms with E-state index in [1.54, 1.807) is 18.2 Å². The Morgan fingerprint density at radius 1 is 1.04 bits per heavy atom. The minimum Gasteiger partial charge on any atom is -0.454 e. The highest BCUT2D eigenvalue weighted by Crippen LogP contribution is 2.32. The quantitative estimate of drug-likeness (QED) is 0.843. The molecule has 0 atom stereocenters. The van der Waals surface area contributed by atoms with Gasteiger partial charge in [0.1, 0.15) is 5.82 Å². The topological polar surface area (TPSA) is 76.7 Å². The van der Waals surface area contributed by atoms with Gasteiger partial charge in [0.15, 0.2) is 11.5 Å². The predicted octanol–water partition coefficient (Wildman–Crippen LogP) is 1.56. The van der Waals surface area contributed by atoms with Crippen LogP contribution in [0.1, 0.15) is 15.9 Å². The largest absolute Gasteiger partial charge is 0.454 e. The third-order valence-electron chi connectivity index (χ3n) is 3.26. The maximum absolute atomic E-state index is 13.4. The molecular formula is C16H13FN2O4. The standard InChI is InChI=1S/C16H13FN2O4/c17-12-4-2-1-3-10(12)8-15(20)18-19-16(21)11-5-6-13-14(7-11)23-9-22-13/h1-7H,8-9H2,(H,18,20)(H,19,21). The molecule has 0 aliphatic carbocycles. The summed E-state index contributed by atoms with van der Waals surface area (Å²) in [5.41, 5.74) is 5.08. The molecule has 7 heteroatoms. The van der Waals surface area contributed by atoms with Crippen LogP contribution >= 0.6 is 0 Å². The molecule has 2 N–H and O–H groups in total. The second-order valence-corrected chi connectivity index (χ2v) is 4.84. The highest BCUT2D eigenvalue weighted by molar-refractivity contribution is 5.96. The molecule has 1 heterocycles. The number of hydrogen-bond acceptors (Lipinski definition) is 4. The first kappa shape index (κ1) is 14.8. The molecule has 2 amide bonds. The van der Waals surface area contributed by atoms with Gasteiger partial charge in [-0.15, -0.1) is 0 Å². The number of carbonyl (C=O) groups is 2. The summed E-state index contributed by atoms with van der Waals surface area (Å²) in [5.74, 6) is -0.473. The monoisotopic (exact) mass is 316 g/mol. The van der Waals surface area contributed by atoms with Crippen LogP contribution in [0.15, 0.2) is 42.5 Å². The average Bonchev–Trinajstić information content (AvgIpc) is 3.02. The summed E-state index contributed by atoms with van der Waals surface area (Å²) >= 11 is 0. The van der Waals surface area contributed by atoms with Gasteiger partial charge in [-0.1, -0.05) is 18.2 Å². The highest BCUT2D eigenvalue weighted by atomic mass is 19.1. The molecule has 6 nitrogen and oxygen atoms in total. The molecule has 23 heavy (non-hydrogen) atoms.